The third-order valence-corrected chi connectivity index (χ3v) is 4.07. The lowest BCUT2D eigenvalue weighted by Gasteiger charge is -2.37. The molecule has 3 nitrogen and oxygen atoms in total. The first-order chi connectivity index (χ1) is 8.65. The van der Waals surface area contributed by atoms with Crippen molar-refractivity contribution in [3.63, 3.8) is 0 Å². The minimum atomic E-state index is 0.185. The van der Waals surface area contributed by atoms with Gasteiger partial charge in [-0.2, -0.15) is 0 Å². The topological polar surface area (TPSA) is 32.3 Å². The fraction of sp³-hybridized carbons (Fsp3) is 0.500. The minimum Gasteiger partial charge on any atom is -0.382 e. The van der Waals surface area contributed by atoms with Crippen LogP contribution in [0.4, 0.5) is 5.69 Å². The van der Waals surface area contributed by atoms with Crippen LogP contribution < -0.4 is 5.32 Å². The predicted octanol–water partition coefficient (Wildman–Crippen LogP) is 3.21. The van der Waals surface area contributed by atoms with E-state index in [4.69, 9.17) is 11.6 Å². The Morgan fingerprint density at radius 1 is 1.44 bits per heavy atom. The maximum Gasteiger partial charge on any atom is 0.223 e. The summed E-state index contributed by atoms with van der Waals surface area (Å²) in [5.74, 6) is 0.278. The van der Waals surface area contributed by atoms with Gasteiger partial charge in [-0.25, -0.2) is 0 Å². The zero-order chi connectivity index (χ0) is 12.7. The van der Waals surface area contributed by atoms with Gasteiger partial charge in [0.05, 0.1) is 6.04 Å². The van der Waals surface area contributed by atoms with E-state index in [9.17, 15) is 4.79 Å². The molecule has 18 heavy (non-hydrogen) atoms. The second-order valence-corrected chi connectivity index (χ2v) is 5.66. The van der Waals surface area contributed by atoms with Gasteiger partial charge in [0.15, 0.2) is 0 Å². The van der Waals surface area contributed by atoms with Gasteiger partial charge in [0, 0.05) is 29.7 Å². The van der Waals surface area contributed by atoms with Crippen LogP contribution in [0.15, 0.2) is 18.2 Å². The van der Waals surface area contributed by atoms with E-state index in [0.717, 1.165) is 35.7 Å². The first-order valence-electron chi connectivity index (χ1n) is 6.50. The molecular weight excluding hydrogens is 248 g/mol. The first kappa shape index (κ1) is 11.8. The Morgan fingerprint density at radius 3 is 3.00 bits per heavy atom. The van der Waals surface area contributed by atoms with Gasteiger partial charge in [0.2, 0.25) is 5.91 Å². The van der Waals surface area contributed by atoms with Crippen LogP contribution in [-0.4, -0.2) is 23.4 Å². The Morgan fingerprint density at radius 2 is 2.28 bits per heavy atom. The van der Waals surface area contributed by atoms with E-state index in [1.165, 1.54) is 0 Å². The number of benzene rings is 1. The highest BCUT2D eigenvalue weighted by Gasteiger charge is 2.34. The van der Waals surface area contributed by atoms with E-state index in [2.05, 4.69) is 12.2 Å². The van der Waals surface area contributed by atoms with Crippen molar-refractivity contribution in [2.24, 2.45) is 0 Å². The zero-order valence-corrected chi connectivity index (χ0v) is 11.2. The average molecular weight is 265 g/mol. The molecule has 1 saturated heterocycles. The molecule has 2 aliphatic rings. The lowest BCUT2D eigenvalue weighted by molar-refractivity contribution is -0.130. The van der Waals surface area contributed by atoms with Crippen LogP contribution in [0.5, 0.6) is 0 Å². The van der Waals surface area contributed by atoms with Crippen molar-refractivity contribution < 1.29 is 4.79 Å². The van der Waals surface area contributed by atoms with Crippen LogP contribution >= 0.6 is 11.6 Å². The van der Waals surface area contributed by atoms with E-state index < -0.39 is 0 Å². The van der Waals surface area contributed by atoms with Crippen LogP contribution in [0.1, 0.15) is 37.8 Å². The van der Waals surface area contributed by atoms with Crippen LogP contribution in [0.25, 0.3) is 0 Å². The van der Waals surface area contributed by atoms with Gasteiger partial charge < -0.3 is 10.2 Å². The van der Waals surface area contributed by atoms with Crippen LogP contribution in [0.2, 0.25) is 5.02 Å². The molecule has 0 spiro atoms. The Balaban J connectivity index is 2.00. The largest absolute Gasteiger partial charge is 0.382 e. The summed E-state index contributed by atoms with van der Waals surface area (Å²) in [6.45, 7) is 3.03. The summed E-state index contributed by atoms with van der Waals surface area (Å²) in [5.41, 5.74) is 2.28. The number of carbonyl (C=O) groups is 1. The molecule has 4 heteroatoms. The third-order valence-electron chi connectivity index (χ3n) is 3.84. The van der Waals surface area contributed by atoms with E-state index in [1.807, 2.05) is 23.1 Å². The molecule has 2 aliphatic heterocycles. The molecule has 1 N–H and O–H groups in total. The van der Waals surface area contributed by atoms with Crippen LogP contribution in [-0.2, 0) is 4.79 Å². The number of rotatable bonds is 1. The number of likely N-dealkylation sites (tertiary alicyclic amines) is 1. The fourth-order valence-electron chi connectivity index (χ4n) is 3.02. The molecule has 96 valence electrons. The summed E-state index contributed by atoms with van der Waals surface area (Å²) in [7, 11) is 0. The second kappa shape index (κ2) is 4.47. The summed E-state index contributed by atoms with van der Waals surface area (Å²) in [5, 5.41) is 4.20. The molecule has 1 unspecified atom stereocenters. The number of amides is 1. The normalized spacial score (nSPS) is 27.0. The van der Waals surface area contributed by atoms with Gasteiger partial charge in [0.1, 0.15) is 0 Å². The van der Waals surface area contributed by atoms with Gasteiger partial charge in [0.25, 0.3) is 0 Å². The lowest BCUT2D eigenvalue weighted by atomic mass is 9.92. The number of hydrogen-bond donors (Lipinski definition) is 1. The summed E-state index contributed by atoms with van der Waals surface area (Å²) < 4.78 is 0. The van der Waals surface area contributed by atoms with Crippen molar-refractivity contribution in [3.8, 4) is 0 Å². The van der Waals surface area contributed by atoms with Gasteiger partial charge in [-0.3, -0.25) is 4.79 Å². The molecule has 2 heterocycles. The molecule has 0 aromatic heterocycles. The minimum absolute atomic E-state index is 0.185. The molecule has 3 rings (SSSR count). The predicted molar refractivity (Wildman–Crippen MR) is 72.8 cm³/mol. The van der Waals surface area contributed by atoms with E-state index in [1.54, 1.807) is 0 Å². The molecule has 1 aromatic carbocycles. The summed E-state index contributed by atoms with van der Waals surface area (Å²) >= 11 is 6.09. The summed E-state index contributed by atoms with van der Waals surface area (Å²) in [4.78, 5) is 14.0. The van der Waals surface area contributed by atoms with Crippen molar-refractivity contribution in [2.45, 2.75) is 38.3 Å². The van der Waals surface area contributed by atoms with Gasteiger partial charge in [-0.1, -0.05) is 11.6 Å². The standard InChI is InChI=1S/C14H17ClN2O/c1-9-7-13(17-6-2-3-14(17)18)11-8-10(15)4-5-12(11)16-9/h4-5,8-9,13,16H,2-3,6-7H2,1H3/t9-,13?/m1/s1. The molecule has 1 fully saturated rings. The van der Waals surface area contributed by atoms with Crippen molar-refractivity contribution >= 4 is 23.2 Å². The number of nitrogens with one attached hydrogen (secondary N) is 1. The highest BCUT2D eigenvalue weighted by atomic mass is 35.5. The number of nitrogens with zero attached hydrogens (tertiary/aromatic N) is 1. The van der Waals surface area contributed by atoms with E-state index >= 15 is 0 Å². The molecule has 0 saturated carbocycles. The monoisotopic (exact) mass is 264 g/mol. The maximum absolute atomic E-state index is 11.9. The van der Waals surface area contributed by atoms with Gasteiger partial charge in [-0.15, -0.1) is 0 Å². The highest BCUT2D eigenvalue weighted by Crippen LogP contribution is 2.39. The fourth-order valence-corrected chi connectivity index (χ4v) is 3.20. The number of hydrogen-bond acceptors (Lipinski definition) is 2. The Labute approximate surface area is 112 Å². The maximum atomic E-state index is 11.9. The van der Waals surface area contributed by atoms with Crippen LogP contribution in [0, 0.1) is 0 Å². The average Bonchev–Trinajstić information content (AvgIpc) is 2.75. The molecule has 0 bridgehead atoms. The number of anilines is 1. The number of fused-ring (bicyclic) bond motifs is 1. The Kier molecular flexibility index (Phi) is 2.94. The van der Waals surface area contributed by atoms with Crippen molar-refractivity contribution in [1.82, 2.24) is 4.90 Å². The van der Waals surface area contributed by atoms with Crippen LogP contribution in [0.3, 0.4) is 0 Å². The Bertz CT molecular complexity index is 489. The van der Waals surface area contributed by atoms with E-state index in [-0.39, 0.29) is 11.9 Å². The quantitative estimate of drug-likeness (QED) is 0.845. The molecule has 0 radical (unpaired) electrons. The molecule has 1 aromatic rings. The summed E-state index contributed by atoms with van der Waals surface area (Å²) in [6.07, 6.45) is 2.63. The third kappa shape index (κ3) is 1.97. The summed E-state index contributed by atoms with van der Waals surface area (Å²) in [6, 6.07) is 6.48. The van der Waals surface area contributed by atoms with Crippen molar-refractivity contribution in [3.05, 3.63) is 28.8 Å². The lowest BCUT2D eigenvalue weighted by Crippen LogP contribution is -2.37. The van der Waals surface area contributed by atoms with Crippen molar-refractivity contribution in [1.29, 1.82) is 0 Å². The molecule has 2 atom stereocenters. The number of halogens is 1. The first-order valence-corrected chi connectivity index (χ1v) is 6.88. The van der Waals surface area contributed by atoms with E-state index in [0.29, 0.717) is 12.5 Å². The Hall–Kier alpha value is -1.22. The molecule has 0 aliphatic carbocycles. The highest BCUT2D eigenvalue weighted by molar-refractivity contribution is 6.30. The van der Waals surface area contributed by atoms with Gasteiger partial charge in [-0.05, 0) is 43.5 Å². The zero-order valence-electron chi connectivity index (χ0n) is 10.4. The SMILES string of the molecule is C[C@@H]1CC(N2CCCC2=O)c2cc(Cl)ccc2N1. The smallest absolute Gasteiger partial charge is 0.223 e. The molecular formula is C14H17ClN2O. The second-order valence-electron chi connectivity index (χ2n) is 5.22. The molecule has 1 amide bonds. The van der Waals surface area contributed by atoms with Crippen molar-refractivity contribution in [2.75, 3.05) is 11.9 Å². The number of carbonyl (C=O) groups excluding carboxylic acids is 1. The van der Waals surface area contributed by atoms with Gasteiger partial charge >= 0.3 is 0 Å².